The molecule has 3 N–H and O–H groups in total. The van der Waals surface area contributed by atoms with E-state index >= 15 is 0 Å². The van der Waals surface area contributed by atoms with Crippen molar-refractivity contribution in [3.05, 3.63) is 121 Å². The summed E-state index contributed by atoms with van der Waals surface area (Å²) in [6, 6.07) is 4.17. The highest BCUT2D eigenvalue weighted by molar-refractivity contribution is 5.47. The molecule has 0 amide bonds. The molecule has 5 heteroatoms. The third-order valence-corrected chi connectivity index (χ3v) is 25.5. The molecule has 0 aliphatic carbocycles. The third kappa shape index (κ3) is 80.2. The van der Waals surface area contributed by atoms with Crippen LogP contribution in [0.5, 0.6) is 11.5 Å². The van der Waals surface area contributed by atoms with Crippen LogP contribution in [0.1, 0.15) is 559 Å². The molecule has 0 aliphatic rings. The van der Waals surface area contributed by atoms with Crippen molar-refractivity contribution in [2.24, 2.45) is 0 Å². The van der Waals surface area contributed by atoms with Gasteiger partial charge in [-0.3, -0.25) is 0 Å². The Morgan fingerprint density at radius 2 is 0.588 bits per heavy atom. The summed E-state index contributed by atoms with van der Waals surface area (Å²) in [6.07, 6.45) is 134. The van der Waals surface area contributed by atoms with E-state index < -0.39 is 18.3 Å². The first-order chi connectivity index (χ1) is 58.8. The monoisotopic (exact) mass is 1660 g/mol. The van der Waals surface area contributed by atoms with Gasteiger partial charge < -0.3 is 24.8 Å². The van der Waals surface area contributed by atoms with Crippen LogP contribution < -0.4 is 4.74 Å². The average Bonchev–Trinajstić information content (AvgIpc) is 0.822. The zero-order valence-corrected chi connectivity index (χ0v) is 80.4. The normalized spacial score (nSPS) is 13.5. The van der Waals surface area contributed by atoms with Gasteiger partial charge in [-0.1, -0.05) is 511 Å². The summed E-state index contributed by atoms with van der Waals surface area (Å²) in [5.74, 6) is 1.04. The lowest BCUT2D eigenvalue weighted by Crippen LogP contribution is -2.40. The molecule has 0 saturated carbocycles. The summed E-state index contributed by atoms with van der Waals surface area (Å²) in [4.78, 5) is 0. The summed E-state index contributed by atoms with van der Waals surface area (Å²) in [5.41, 5.74) is 2.16. The van der Waals surface area contributed by atoms with E-state index in [2.05, 4.69) is 108 Å². The third-order valence-electron chi connectivity index (χ3n) is 25.5. The second-order valence-electron chi connectivity index (χ2n) is 37.1. The van der Waals surface area contributed by atoms with E-state index in [9.17, 15) is 15.3 Å². The standard InChI is InChI=1S/C114H206O5/c1-7-13-19-24-29-33-37-41-45-48-51-52-53-54-55-56-59-60-64-67-71-75-79-83-89-96-106-104-108(105-111(117)109(106)99-92-88-91-98-107(115)97-90-84-80-76-72-68-65-61-57-49-46-42-38-34-30-25-20-14-8-2)118-113(102-94-86-28-23-17-11-5)114(103-95-87-82-78-74-70-63-44-40-36-32-27-22-16-10-4)119-112(101-18-12-6)110(116)100-93-85-81-77-73-69-66-62-58-50-47-43-39-35-31-26-21-15-9-3/h10,12,18,41-43,45-47,88,91-92,98,101,104-105,107,110,112-117H,4,6-9,11,13-17,19-40,44,48-87,89-90,93-97,99-100,102-103H2,1-3,5H3/t107-,110-,112+,113-,114+/m1/s1. The molecule has 0 aromatic heterocycles. The minimum absolute atomic E-state index is 0.230. The number of benzene rings is 1. The molecule has 0 saturated heterocycles. The maximum absolute atomic E-state index is 12.3. The average molecular weight is 1660 g/mol. The van der Waals surface area contributed by atoms with Crippen LogP contribution in [0.3, 0.4) is 0 Å². The summed E-state index contributed by atoms with van der Waals surface area (Å²) < 4.78 is 14.8. The largest absolute Gasteiger partial charge is 0.508 e. The highest BCUT2D eigenvalue weighted by Crippen LogP contribution is 2.34. The number of allylic oxidation sites excluding steroid dienone is 12. The van der Waals surface area contributed by atoms with Crippen molar-refractivity contribution >= 4 is 0 Å². The maximum Gasteiger partial charge on any atom is 0.125 e. The highest BCUT2D eigenvalue weighted by Gasteiger charge is 2.30. The molecule has 0 unspecified atom stereocenters. The fraction of sp³-hybridized carbons (Fsp3) is 0.807. The molecule has 1 rings (SSSR count). The minimum atomic E-state index is -0.624. The number of rotatable bonds is 98. The van der Waals surface area contributed by atoms with Crippen LogP contribution in [-0.2, 0) is 17.6 Å². The Hall–Kier alpha value is -3.38. The SMILES string of the molecule is C=CC=C[C@H](O[C@@H](CCCCCCCCCCCCCCCC=C)[C@@H](CCCCCCCC)Oc1cc(O)c(CC=CC=C[C@H](O)CCCCCCCCCCCC=CCCCCCCCC)c(CCCCCCCCCCCCCCCCCC=CCCCCCCCC)c1)[C@H](O)CCCCCCCCCCCC=CCCCCCCCC. The van der Waals surface area contributed by atoms with Crippen LogP contribution in [0.25, 0.3) is 0 Å². The molecule has 0 radical (unpaired) electrons. The van der Waals surface area contributed by atoms with Gasteiger partial charge in [0.25, 0.3) is 0 Å². The lowest BCUT2D eigenvalue weighted by atomic mass is 9.96. The van der Waals surface area contributed by atoms with Gasteiger partial charge in [0.1, 0.15) is 23.7 Å². The van der Waals surface area contributed by atoms with Gasteiger partial charge in [-0.25, -0.2) is 0 Å². The second kappa shape index (κ2) is 95.3. The van der Waals surface area contributed by atoms with Crippen LogP contribution in [0.15, 0.2) is 110 Å². The number of hydrogen-bond acceptors (Lipinski definition) is 5. The Balaban J connectivity index is 3.24. The van der Waals surface area contributed by atoms with E-state index in [1.165, 1.54) is 449 Å². The summed E-state index contributed by atoms with van der Waals surface area (Å²) in [6.45, 7) is 17.2. The van der Waals surface area contributed by atoms with E-state index in [1.54, 1.807) is 0 Å². The van der Waals surface area contributed by atoms with E-state index in [0.29, 0.717) is 18.6 Å². The fourth-order valence-electron chi connectivity index (χ4n) is 17.5. The number of phenolic OH excluding ortho intramolecular Hbond substituents is 1. The Kier molecular flexibility index (Phi) is 91.0. The van der Waals surface area contributed by atoms with Gasteiger partial charge in [0.2, 0.25) is 0 Å². The Morgan fingerprint density at radius 1 is 0.294 bits per heavy atom. The van der Waals surface area contributed by atoms with Gasteiger partial charge in [0.15, 0.2) is 0 Å². The van der Waals surface area contributed by atoms with Crippen molar-refractivity contribution in [3.63, 3.8) is 0 Å². The van der Waals surface area contributed by atoms with Crippen molar-refractivity contribution in [1.29, 1.82) is 0 Å². The van der Waals surface area contributed by atoms with Crippen LogP contribution in [0.4, 0.5) is 0 Å². The maximum atomic E-state index is 12.3. The van der Waals surface area contributed by atoms with Crippen molar-refractivity contribution in [2.45, 2.75) is 591 Å². The molecule has 5 nitrogen and oxygen atoms in total. The number of aromatic hydroxyl groups is 1. The molecule has 692 valence electrons. The summed E-state index contributed by atoms with van der Waals surface area (Å²) in [7, 11) is 0. The van der Waals surface area contributed by atoms with Crippen LogP contribution >= 0.6 is 0 Å². The first-order valence-electron chi connectivity index (χ1n) is 53.6. The van der Waals surface area contributed by atoms with Crippen molar-refractivity contribution in [1.82, 2.24) is 0 Å². The van der Waals surface area contributed by atoms with Crippen LogP contribution in [0.2, 0.25) is 0 Å². The number of hydrogen-bond donors (Lipinski definition) is 3. The Morgan fingerprint density at radius 3 is 0.924 bits per heavy atom. The number of aryl methyl sites for hydroxylation is 1. The number of aliphatic hydroxyl groups is 2. The van der Waals surface area contributed by atoms with Gasteiger partial charge in [-0.05, 0) is 153 Å². The zero-order valence-electron chi connectivity index (χ0n) is 80.4. The first kappa shape index (κ1) is 114. The topological polar surface area (TPSA) is 79.2 Å². The molecule has 0 bridgehead atoms. The first-order valence-corrected chi connectivity index (χ1v) is 53.6. The van der Waals surface area contributed by atoms with Gasteiger partial charge in [-0.15, -0.1) is 6.58 Å². The number of aliphatic hydroxyl groups excluding tert-OH is 2. The highest BCUT2D eigenvalue weighted by atomic mass is 16.6. The van der Waals surface area contributed by atoms with Crippen molar-refractivity contribution in [2.75, 3.05) is 0 Å². The van der Waals surface area contributed by atoms with Gasteiger partial charge in [0.05, 0.1) is 18.3 Å². The predicted octanol–water partition coefficient (Wildman–Crippen LogP) is 38.1. The van der Waals surface area contributed by atoms with E-state index in [-0.39, 0.29) is 12.2 Å². The number of phenols is 1. The molecular weight excluding hydrogens is 1450 g/mol. The minimum Gasteiger partial charge on any atom is -0.508 e. The smallest absolute Gasteiger partial charge is 0.125 e. The molecule has 0 aliphatic heterocycles. The van der Waals surface area contributed by atoms with Gasteiger partial charge >= 0.3 is 0 Å². The van der Waals surface area contributed by atoms with Gasteiger partial charge in [0, 0.05) is 11.6 Å². The molecular formula is C114H206O5. The molecule has 0 spiro atoms. The molecule has 0 heterocycles. The Labute approximate surface area is 744 Å². The molecule has 1 aromatic carbocycles. The second-order valence-corrected chi connectivity index (χ2v) is 37.1. The van der Waals surface area contributed by atoms with Crippen LogP contribution in [0, 0.1) is 0 Å². The fourth-order valence-corrected chi connectivity index (χ4v) is 17.5. The number of ether oxygens (including phenoxy) is 2. The van der Waals surface area contributed by atoms with E-state index in [0.717, 1.165) is 88.4 Å². The van der Waals surface area contributed by atoms with Crippen molar-refractivity contribution < 1.29 is 24.8 Å². The number of unbranched alkanes of at least 4 members (excludes halogenated alkanes) is 69. The van der Waals surface area contributed by atoms with E-state index in [4.69, 9.17) is 9.47 Å². The Bertz CT molecular complexity index is 2390. The van der Waals surface area contributed by atoms with Crippen LogP contribution in [-0.4, -0.2) is 45.8 Å². The lowest BCUT2D eigenvalue weighted by molar-refractivity contribution is -0.0980. The lowest BCUT2D eigenvalue weighted by Gasteiger charge is -2.33. The molecule has 1 aromatic rings. The predicted molar refractivity (Wildman–Crippen MR) is 533 cm³/mol. The zero-order chi connectivity index (χ0) is 85.6. The summed E-state index contributed by atoms with van der Waals surface area (Å²) in [5, 5.41) is 35.5. The van der Waals surface area contributed by atoms with Gasteiger partial charge in [-0.2, -0.15) is 0 Å². The quantitative estimate of drug-likeness (QED) is 0.0344. The summed E-state index contributed by atoms with van der Waals surface area (Å²) >= 11 is 0. The van der Waals surface area contributed by atoms with Crippen molar-refractivity contribution in [3.8, 4) is 11.5 Å². The molecule has 0 fully saturated rings. The molecule has 119 heavy (non-hydrogen) atoms. The van der Waals surface area contributed by atoms with E-state index in [1.807, 2.05) is 30.4 Å². The molecule has 5 atom stereocenters.